The van der Waals surface area contributed by atoms with Crippen molar-refractivity contribution in [2.24, 2.45) is 0 Å². The lowest BCUT2D eigenvalue weighted by Gasteiger charge is -2.48. The molecule has 0 aromatic carbocycles. The van der Waals surface area contributed by atoms with Gasteiger partial charge in [0.1, 0.15) is 5.82 Å². The van der Waals surface area contributed by atoms with E-state index in [1.54, 1.807) is 20.4 Å². The van der Waals surface area contributed by atoms with E-state index in [0.29, 0.717) is 13.1 Å². The van der Waals surface area contributed by atoms with Gasteiger partial charge in [0.25, 0.3) is 0 Å². The van der Waals surface area contributed by atoms with E-state index in [4.69, 9.17) is 9.47 Å². The third kappa shape index (κ3) is 2.00. The summed E-state index contributed by atoms with van der Waals surface area (Å²) in [7, 11) is 3.33. The second-order valence-electron chi connectivity index (χ2n) is 3.51. The van der Waals surface area contributed by atoms with E-state index in [0.717, 1.165) is 10.3 Å². The molecule has 15 heavy (non-hydrogen) atoms. The van der Waals surface area contributed by atoms with Crippen molar-refractivity contribution in [1.82, 2.24) is 4.98 Å². The number of hydrogen-bond donors (Lipinski definition) is 0. The molecule has 82 valence electrons. The Morgan fingerprint density at radius 1 is 1.33 bits per heavy atom. The molecule has 1 aliphatic rings. The molecule has 0 amide bonds. The molecule has 1 fully saturated rings. The minimum absolute atomic E-state index is 0.450. The van der Waals surface area contributed by atoms with Gasteiger partial charge in [-0.15, -0.1) is 0 Å². The highest BCUT2D eigenvalue weighted by molar-refractivity contribution is 9.10. The first-order chi connectivity index (χ1) is 7.19. The van der Waals surface area contributed by atoms with Crippen LogP contribution in [0.15, 0.2) is 22.8 Å². The van der Waals surface area contributed by atoms with Crippen LogP contribution >= 0.6 is 15.9 Å². The number of anilines is 1. The number of nitrogens with zero attached hydrogens (tertiary/aromatic N) is 2. The van der Waals surface area contributed by atoms with Crippen molar-refractivity contribution >= 4 is 21.7 Å². The van der Waals surface area contributed by atoms with Gasteiger partial charge in [0.05, 0.1) is 13.1 Å². The second kappa shape index (κ2) is 4.08. The number of pyridine rings is 1. The number of ether oxygens (including phenoxy) is 2. The number of halogens is 1. The van der Waals surface area contributed by atoms with Crippen molar-refractivity contribution in [2.75, 3.05) is 32.2 Å². The van der Waals surface area contributed by atoms with Crippen molar-refractivity contribution in [3.63, 3.8) is 0 Å². The van der Waals surface area contributed by atoms with Crippen LogP contribution in [0.25, 0.3) is 0 Å². The Bertz CT molecular complexity index is 330. The van der Waals surface area contributed by atoms with Crippen LogP contribution in [0.4, 0.5) is 5.82 Å². The molecule has 5 heteroatoms. The van der Waals surface area contributed by atoms with Crippen LogP contribution in [0.3, 0.4) is 0 Å². The van der Waals surface area contributed by atoms with Crippen LogP contribution in [0.5, 0.6) is 0 Å². The predicted octanol–water partition coefficient (Wildman–Crippen LogP) is 1.65. The zero-order valence-electron chi connectivity index (χ0n) is 8.74. The SMILES string of the molecule is COC1(OC)CN(c2ccc(Br)cn2)C1. The molecule has 0 unspecified atom stereocenters. The Hall–Kier alpha value is -0.650. The van der Waals surface area contributed by atoms with Gasteiger partial charge < -0.3 is 14.4 Å². The Balaban J connectivity index is 2.02. The molecule has 1 saturated heterocycles. The molecule has 0 radical (unpaired) electrons. The fraction of sp³-hybridized carbons (Fsp3) is 0.500. The van der Waals surface area contributed by atoms with E-state index in [1.165, 1.54) is 0 Å². The molecule has 0 saturated carbocycles. The largest absolute Gasteiger partial charge is 0.350 e. The number of rotatable bonds is 3. The van der Waals surface area contributed by atoms with Crippen LogP contribution < -0.4 is 4.90 Å². The third-order valence-electron chi connectivity index (χ3n) is 2.64. The topological polar surface area (TPSA) is 34.6 Å². The van der Waals surface area contributed by atoms with Crippen molar-refractivity contribution in [1.29, 1.82) is 0 Å². The summed E-state index contributed by atoms with van der Waals surface area (Å²) in [6, 6.07) is 3.95. The highest BCUT2D eigenvalue weighted by atomic mass is 79.9. The fourth-order valence-electron chi connectivity index (χ4n) is 1.59. The van der Waals surface area contributed by atoms with Gasteiger partial charge in [-0.1, -0.05) is 0 Å². The molecule has 2 rings (SSSR count). The molecule has 0 N–H and O–H groups in total. The maximum atomic E-state index is 5.30. The Morgan fingerprint density at radius 2 is 2.00 bits per heavy atom. The van der Waals surface area contributed by atoms with Crippen molar-refractivity contribution in [3.05, 3.63) is 22.8 Å². The average Bonchev–Trinajstić information content (AvgIpc) is 2.20. The first-order valence-electron chi connectivity index (χ1n) is 4.66. The second-order valence-corrected chi connectivity index (χ2v) is 4.43. The highest BCUT2D eigenvalue weighted by Gasteiger charge is 2.44. The normalized spacial score (nSPS) is 18.7. The molecule has 0 bridgehead atoms. The quantitative estimate of drug-likeness (QED) is 0.784. The van der Waals surface area contributed by atoms with Gasteiger partial charge in [0.2, 0.25) is 5.79 Å². The highest BCUT2D eigenvalue weighted by Crippen LogP contribution is 2.29. The van der Waals surface area contributed by atoms with E-state index >= 15 is 0 Å². The van der Waals surface area contributed by atoms with Crippen LogP contribution in [-0.2, 0) is 9.47 Å². The van der Waals surface area contributed by atoms with Gasteiger partial charge in [-0.2, -0.15) is 0 Å². The lowest BCUT2D eigenvalue weighted by molar-refractivity contribution is -0.219. The summed E-state index contributed by atoms with van der Waals surface area (Å²) in [5.41, 5.74) is 0. The molecular weight excluding hydrogens is 260 g/mol. The fourth-order valence-corrected chi connectivity index (χ4v) is 1.83. The monoisotopic (exact) mass is 272 g/mol. The summed E-state index contributed by atoms with van der Waals surface area (Å²) in [5.74, 6) is 0.498. The van der Waals surface area contributed by atoms with Crippen molar-refractivity contribution < 1.29 is 9.47 Å². The minimum atomic E-state index is -0.450. The summed E-state index contributed by atoms with van der Waals surface area (Å²) >= 11 is 3.35. The van der Waals surface area contributed by atoms with E-state index in [2.05, 4.69) is 25.8 Å². The molecule has 1 aromatic heterocycles. The van der Waals surface area contributed by atoms with Gasteiger partial charge in [0, 0.05) is 24.9 Å². The van der Waals surface area contributed by atoms with Crippen molar-refractivity contribution in [3.8, 4) is 0 Å². The van der Waals surface area contributed by atoms with Crippen LogP contribution in [0.2, 0.25) is 0 Å². The molecule has 1 aromatic rings. The van der Waals surface area contributed by atoms with E-state index in [-0.39, 0.29) is 0 Å². The zero-order valence-corrected chi connectivity index (χ0v) is 10.3. The third-order valence-corrected chi connectivity index (χ3v) is 3.11. The molecule has 0 aliphatic carbocycles. The zero-order chi connectivity index (χ0) is 10.9. The van der Waals surface area contributed by atoms with Gasteiger partial charge in [-0.05, 0) is 28.1 Å². The predicted molar refractivity (Wildman–Crippen MR) is 60.9 cm³/mol. The maximum Gasteiger partial charge on any atom is 0.203 e. The van der Waals surface area contributed by atoms with Gasteiger partial charge in [-0.25, -0.2) is 4.98 Å². The smallest absolute Gasteiger partial charge is 0.203 e. The van der Waals surface area contributed by atoms with Gasteiger partial charge >= 0.3 is 0 Å². The van der Waals surface area contributed by atoms with Gasteiger partial charge in [-0.3, -0.25) is 0 Å². The molecule has 0 spiro atoms. The first-order valence-corrected chi connectivity index (χ1v) is 5.45. The average molecular weight is 273 g/mol. The van der Waals surface area contributed by atoms with Crippen LogP contribution in [-0.4, -0.2) is 38.1 Å². The number of methoxy groups -OCH3 is 2. The summed E-state index contributed by atoms with van der Waals surface area (Å²) < 4.78 is 11.6. The standard InChI is InChI=1S/C10H13BrN2O2/c1-14-10(15-2)6-13(7-10)9-4-3-8(11)5-12-9/h3-5H,6-7H2,1-2H3. The first kappa shape index (κ1) is 10.9. The van der Waals surface area contributed by atoms with E-state index in [9.17, 15) is 0 Å². The lowest BCUT2D eigenvalue weighted by Crippen LogP contribution is -2.64. The lowest BCUT2D eigenvalue weighted by atomic mass is 10.1. The summed E-state index contributed by atoms with van der Waals surface area (Å²) in [4.78, 5) is 6.41. The summed E-state index contributed by atoms with van der Waals surface area (Å²) in [6.45, 7) is 1.43. The van der Waals surface area contributed by atoms with Crippen LogP contribution in [0, 0.1) is 0 Å². The van der Waals surface area contributed by atoms with Crippen LogP contribution in [0.1, 0.15) is 0 Å². The summed E-state index contributed by atoms with van der Waals surface area (Å²) in [5, 5.41) is 0. The Kier molecular flexibility index (Phi) is 2.95. The number of hydrogen-bond acceptors (Lipinski definition) is 4. The molecular formula is C10H13BrN2O2. The Morgan fingerprint density at radius 3 is 2.47 bits per heavy atom. The molecule has 2 heterocycles. The molecule has 0 atom stereocenters. The van der Waals surface area contributed by atoms with E-state index in [1.807, 2.05) is 12.1 Å². The van der Waals surface area contributed by atoms with Gasteiger partial charge in [0.15, 0.2) is 0 Å². The number of aromatic nitrogens is 1. The van der Waals surface area contributed by atoms with E-state index < -0.39 is 5.79 Å². The van der Waals surface area contributed by atoms with Crippen molar-refractivity contribution in [2.45, 2.75) is 5.79 Å². The minimum Gasteiger partial charge on any atom is -0.350 e. The maximum absolute atomic E-state index is 5.30. The summed E-state index contributed by atoms with van der Waals surface area (Å²) in [6.07, 6.45) is 1.79. The molecule has 4 nitrogen and oxygen atoms in total. The Labute approximate surface area is 97.3 Å². The molecule has 1 aliphatic heterocycles.